The summed E-state index contributed by atoms with van der Waals surface area (Å²) in [6.07, 6.45) is 1.57. The fourth-order valence-corrected chi connectivity index (χ4v) is 1.74. The van der Waals surface area contributed by atoms with Crippen molar-refractivity contribution in [3.8, 4) is 0 Å². The maximum atomic E-state index is 5.65. The Morgan fingerprint density at radius 2 is 2.00 bits per heavy atom. The average molecular weight is 258 g/mol. The first-order valence-corrected chi connectivity index (χ1v) is 5.94. The van der Waals surface area contributed by atoms with Crippen molar-refractivity contribution < 1.29 is 0 Å². The van der Waals surface area contributed by atoms with E-state index >= 15 is 0 Å². The Hall–Kier alpha value is -2.01. The maximum absolute atomic E-state index is 5.65. The van der Waals surface area contributed by atoms with E-state index in [2.05, 4.69) is 35.4 Å². The van der Waals surface area contributed by atoms with Crippen molar-refractivity contribution >= 4 is 28.7 Å². The predicted octanol–water partition coefficient (Wildman–Crippen LogP) is 2.47. The van der Waals surface area contributed by atoms with Crippen LogP contribution in [-0.2, 0) is 0 Å². The second-order valence-corrected chi connectivity index (χ2v) is 4.52. The Labute approximate surface area is 111 Å². The normalized spacial score (nSPS) is 10.1. The van der Waals surface area contributed by atoms with Gasteiger partial charge in [0.1, 0.15) is 4.99 Å². The number of nitrogens with one attached hydrogen (secondary N) is 1. The van der Waals surface area contributed by atoms with Gasteiger partial charge in [0.25, 0.3) is 0 Å². The summed E-state index contributed by atoms with van der Waals surface area (Å²) in [5, 5.41) is 11.0. The molecule has 2 aromatic rings. The van der Waals surface area contributed by atoms with Crippen molar-refractivity contribution in [1.82, 2.24) is 10.2 Å². The molecule has 0 unspecified atom stereocenters. The maximum Gasteiger partial charge on any atom is 0.163 e. The molecule has 5 heteroatoms. The molecule has 0 aliphatic carbocycles. The van der Waals surface area contributed by atoms with Crippen LogP contribution in [-0.4, -0.2) is 15.2 Å². The zero-order valence-corrected chi connectivity index (χ0v) is 11.1. The van der Waals surface area contributed by atoms with Crippen molar-refractivity contribution in [1.29, 1.82) is 0 Å². The minimum atomic E-state index is 0.302. The zero-order valence-electron chi connectivity index (χ0n) is 10.3. The summed E-state index contributed by atoms with van der Waals surface area (Å²) in [7, 11) is 0. The van der Waals surface area contributed by atoms with E-state index in [1.807, 2.05) is 12.1 Å². The lowest BCUT2D eigenvalue weighted by Gasteiger charge is -2.10. The Morgan fingerprint density at radius 3 is 2.67 bits per heavy atom. The largest absolute Gasteiger partial charge is 0.389 e. The molecule has 0 saturated heterocycles. The third-order valence-electron chi connectivity index (χ3n) is 2.76. The molecular weight excluding hydrogens is 244 g/mol. The molecule has 18 heavy (non-hydrogen) atoms. The van der Waals surface area contributed by atoms with Gasteiger partial charge in [-0.3, -0.25) is 0 Å². The van der Waals surface area contributed by atoms with Gasteiger partial charge < -0.3 is 11.1 Å². The number of rotatable bonds is 3. The molecule has 0 bridgehead atoms. The monoisotopic (exact) mass is 258 g/mol. The van der Waals surface area contributed by atoms with Crippen LogP contribution in [0, 0.1) is 13.8 Å². The summed E-state index contributed by atoms with van der Waals surface area (Å²) in [6.45, 7) is 4.13. The molecule has 4 nitrogen and oxygen atoms in total. The number of thiocarbonyl (C=S) groups is 1. The van der Waals surface area contributed by atoms with Crippen LogP contribution in [0.25, 0.3) is 0 Å². The van der Waals surface area contributed by atoms with Crippen LogP contribution in [0.1, 0.15) is 16.7 Å². The quantitative estimate of drug-likeness (QED) is 0.828. The molecule has 1 aromatic heterocycles. The van der Waals surface area contributed by atoms with Gasteiger partial charge in [0.2, 0.25) is 0 Å². The van der Waals surface area contributed by atoms with Gasteiger partial charge in [-0.2, -0.15) is 5.10 Å². The number of nitrogens with zero attached hydrogens (tertiary/aromatic N) is 2. The average Bonchev–Trinajstić information content (AvgIpc) is 2.34. The molecule has 0 amide bonds. The number of hydrogen-bond donors (Lipinski definition) is 2. The zero-order chi connectivity index (χ0) is 13.1. The predicted molar refractivity (Wildman–Crippen MR) is 77.1 cm³/mol. The summed E-state index contributed by atoms with van der Waals surface area (Å²) in [6, 6.07) is 7.83. The van der Waals surface area contributed by atoms with Gasteiger partial charge in [-0.25, -0.2) is 0 Å². The van der Waals surface area contributed by atoms with Crippen LogP contribution in [0.15, 0.2) is 30.5 Å². The number of aromatic nitrogens is 2. The van der Waals surface area contributed by atoms with Crippen molar-refractivity contribution in [2.45, 2.75) is 13.8 Å². The summed E-state index contributed by atoms with van der Waals surface area (Å²) < 4.78 is 0. The topological polar surface area (TPSA) is 63.8 Å². The van der Waals surface area contributed by atoms with E-state index in [0.29, 0.717) is 16.4 Å². The highest BCUT2D eigenvalue weighted by atomic mass is 32.1. The number of hydrogen-bond acceptors (Lipinski definition) is 4. The highest BCUT2D eigenvalue weighted by Gasteiger charge is 2.07. The Bertz CT molecular complexity index is 595. The second-order valence-electron chi connectivity index (χ2n) is 4.08. The lowest BCUT2D eigenvalue weighted by Crippen LogP contribution is -2.13. The molecule has 3 N–H and O–H groups in total. The van der Waals surface area contributed by atoms with E-state index in [0.717, 1.165) is 5.69 Å². The van der Waals surface area contributed by atoms with Gasteiger partial charge in [0, 0.05) is 5.69 Å². The Kier molecular flexibility index (Phi) is 3.53. The molecule has 0 fully saturated rings. The summed E-state index contributed by atoms with van der Waals surface area (Å²) in [5.41, 5.74) is 9.73. The molecule has 0 aliphatic rings. The molecule has 92 valence electrons. The van der Waals surface area contributed by atoms with Crippen LogP contribution in [0.3, 0.4) is 0 Å². The van der Waals surface area contributed by atoms with Gasteiger partial charge in [-0.1, -0.05) is 18.3 Å². The second kappa shape index (κ2) is 5.10. The highest BCUT2D eigenvalue weighted by molar-refractivity contribution is 7.80. The Morgan fingerprint density at radius 1 is 1.22 bits per heavy atom. The molecule has 0 aliphatic heterocycles. The smallest absolute Gasteiger partial charge is 0.163 e. The fraction of sp³-hybridized carbons (Fsp3) is 0.154. The molecule has 1 heterocycles. The van der Waals surface area contributed by atoms with Crippen molar-refractivity contribution in [3.05, 3.63) is 47.2 Å². The first-order valence-electron chi connectivity index (χ1n) is 5.53. The van der Waals surface area contributed by atoms with Crippen LogP contribution >= 0.6 is 12.2 Å². The molecule has 0 radical (unpaired) electrons. The third kappa shape index (κ3) is 2.62. The number of nitrogens with two attached hydrogens (primary N) is 1. The number of aryl methyl sites for hydroxylation is 2. The minimum Gasteiger partial charge on any atom is -0.389 e. The molecule has 0 spiro atoms. The van der Waals surface area contributed by atoms with Crippen molar-refractivity contribution in [2.24, 2.45) is 5.73 Å². The lowest BCUT2D eigenvalue weighted by atomic mass is 10.1. The van der Waals surface area contributed by atoms with Crippen LogP contribution in [0.4, 0.5) is 11.5 Å². The molecular formula is C13H14N4S. The van der Waals surface area contributed by atoms with Crippen LogP contribution < -0.4 is 11.1 Å². The summed E-state index contributed by atoms with van der Waals surface area (Å²) in [4.78, 5) is 0.302. The lowest BCUT2D eigenvalue weighted by molar-refractivity contribution is 1.03. The van der Waals surface area contributed by atoms with Gasteiger partial charge in [0.05, 0.1) is 11.8 Å². The fourth-order valence-electron chi connectivity index (χ4n) is 1.58. The van der Waals surface area contributed by atoms with E-state index in [4.69, 9.17) is 18.0 Å². The van der Waals surface area contributed by atoms with E-state index in [-0.39, 0.29) is 0 Å². The van der Waals surface area contributed by atoms with E-state index in [1.54, 1.807) is 12.3 Å². The molecule has 0 saturated carbocycles. The summed E-state index contributed by atoms with van der Waals surface area (Å²) >= 11 is 4.98. The first kappa shape index (κ1) is 12.4. The van der Waals surface area contributed by atoms with Crippen LogP contribution in [0.2, 0.25) is 0 Å². The highest BCUT2D eigenvalue weighted by Crippen LogP contribution is 2.20. The summed E-state index contributed by atoms with van der Waals surface area (Å²) in [5.74, 6) is 0.577. The van der Waals surface area contributed by atoms with Crippen molar-refractivity contribution in [2.75, 3.05) is 5.32 Å². The van der Waals surface area contributed by atoms with Crippen LogP contribution in [0.5, 0.6) is 0 Å². The van der Waals surface area contributed by atoms with Crippen molar-refractivity contribution in [3.63, 3.8) is 0 Å². The Balaban J connectivity index is 2.34. The first-order chi connectivity index (χ1) is 8.58. The van der Waals surface area contributed by atoms with Gasteiger partial charge in [0.15, 0.2) is 5.82 Å². The minimum absolute atomic E-state index is 0.302. The SMILES string of the molecule is Cc1ccc(Nc2nnccc2C(N)=S)cc1C. The van der Waals surface area contributed by atoms with E-state index in [1.165, 1.54) is 11.1 Å². The van der Waals surface area contributed by atoms with Gasteiger partial charge in [-0.15, -0.1) is 5.10 Å². The van der Waals surface area contributed by atoms with E-state index < -0.39 is 0 Å². The third-order valence-corrected chi connectivity index (χ3v) is 2.98. The van der Waals surface area contributed by atoms with E-state index in [9.17, 15) is 0 Å². The molecule has 0 atom stereocenters. The van der Waals surface area contributed by atoms with Gasteiger partial charge in [-0.05, 0) is 43.2 Å². The standard InChI is InChI=1S/C13H14N4S/c1-8-3-4-10(7-9(8)2)16-13-11(12(14)18)5-6-15-17-13/h3-7H,1-2H3,(H2,14,18)(H,16,17). The molecule has 1 aromatic carbocycles. The van der Waals surface area contributed by atoms with Gasteiger partial charge >= 0.3 is 0 Å². The molecule has 2 rings (SSSR count). The number of benzene rings is 1. The number of anilines is 2.